The Morgan fingerprint density at radius 3 is 2.68 bits per heavy atom. The number of ether oxygens (including phenoxy) is 1. The van der Waals surface area contributed by atoms with Crippen LogP contribution in [0.2, 0.25) is 0 Å². The lowest BCUT2D eigenvalue weighted by Gasteiger charge is -2.09. The van der Waals surface area contributed by atoms with Gasteiger partial charge >= 0.3 is 0 Å². The van der Waals surface area contributed by atoms with Crippen LogP contribution in [-0.2, 0) is 20.4 Å². The van der Waals surface area contributed by atoms with E-state index in [1.807, 2.05) is 0 Å². The first-order valence-corrected chi connectivity index (χ1v) is 8.10. The number of hydrogen-bond acceptors (Lipinski definition) is 4. The molecule has 104 valence electrons. The number of halogens is 1. The minimum Gasteiger partial charge on any atom is -0.380 e. The van der Waals surface area contributed by atoms with E-state index in [2.05, 4.69) is 5.32 Å². The summed E-state index contributed by atoms with van der Waals surface area (Å²) in [6.07, 6.45) is 1.93. The Balaban J connectivity index is 2.34. The SMILES string of the molecule is COCc1ccc(C(=O)NC2CC2)cc1S(=O)(=O)Cl. The Morgan fingerprint density at radius 1 is 1.47 bits per heavy atom. The summed E-state index contributed by atoms with van der Waals surface area (Å²) in [5, 5.41) is 2.79. The topological polar surface area (TPSA) is 72.5 Å². The van der Waals surface area contributed by atoms with Gasteiger partial charge in [-0.2, -0.15) is 0 Å². The largest absolute Gasteiger partial charge is 0.380 e. The highest BCUT2D eigenvalue weighted by atomic mass is 35.7. The number of methoxy groups -OCH3 is 1. The molecule has 1 aliphatic carbocycles. The molecular formula is C12H14ClNO4S. The highest BCUT2D eigenvalue weighted by molar-refractivity contribution is 8.13. The predicted octanol–water partition coefficient (Wildman–Crippen LogP) is 1.65. The molecular weight excluding hydrogens is 290 g/mol. The van der Waals surface area contributed by atoms with Crippen molar-refractivity contribution in [3.63, 3.8) is 0 Å². The second-order valence-corrected chi connectivity index (χ2v) is 6.98. The van der Waals surface area contributed by atoms with Crippen molar-refractivity contribution in [1.82, 2.24) is 5.32 Å². The second kappa shape index (κ2) is 5.48. The normalized spacial score (nSPS) is 15.3. The van der Waals surface area contributed by atoms with E-state index in [9.17, 15) is 13.2 Å². The van der Waals surface area contributed by atoms with Crippen molar-refractivity contribution in [2.24, 2.45) is 0 Å². The van der Waals surface area contributed by atoms with Crippen LogP contribution in [-0.4, -0.2) is 27.5 Å². The second-order valence-electron chi connectivity index (χ2n) is 4.44. The highest BCUT2D eigenvalue weighted by Crippen LogP contribution is 2.24. The van der Waals surface area contributed by atoms with Gasteiger partial charge < -0.3 is 10.1 Å². The Bertz CT molecular complexity index is 596. The van der Waals surface area contributed by atoms with E-state index >= 15 is 0 Å². The third kappa shape index (κ3) is 3.68. The Labute approximate surface area is 116 Å². The molecule has 19 heavy (non-hydrogen) atoms. The number of carbonyl (C=O) groups excluding carboxylic acids is 1. The molecule has 0 heterocycles. The summed E-state index contributed by atoms with van der Waals surface area (Å²) in [5.74, 6) is -0.284. The van der Waals surface area contributed by atoms with E-state index in [4.69, 9.17) is 15.4 Å². The van der Waals surface area contributed by atoms with Crippen LogP contribution >= 0.6 is 10.7 Å². The minimum atomic E-state index is -3.91. The highest BCUT2D eigenvalue weighted by Gasteiger charge is 2.25. The fraction of sp³-hybridized carbons (Fsp3) is 0.417. The molecule has 0 atom stereocenters. The molecule has 2 rings (SSSR count). The molecule has 5 nitrogen and oxygen atoms in total. The number of rotatable bonds is 5. The summed E-state index contributed by atoms with van der Waals surface area (Å²) in [6, 6.07) is 4.61. The first-order chi connectivity index (χ1) is 8.91. The maximum Gasteiger partial charge on any atom is 0.261 e. The quantitative estimate of drug-likeness (QED) is 0.840. The average Bonchev–Trinajstić information content (AvgIpc) is 3.12. The molecule has 0 aliphatic heterocycles. The lowest BCUT2D eigenvalue weighted by Crippen LogP contribution is -2.25. The zero-order chi connectivity index (χ0) is 14.0. The molecule has 1 N–H and O–H groups in total. The van der Waals surface area contributed by atoms with Gasteiger partial charge in [0.15, 0.2) is 0 Å². The third-order valence-electron chi connectivity index (χ3n) is 2.80. The number of carbonyl (C=O) groups is 1. The fourth-order valence-electron chi connectivity index (χ4n) is 1.69. The molecule has 1 fully saturated rings. The molecule has 1 amide bonds. The average molecular weight is 304 g/mol. The van der Waals surface area contributed by atoms with Crippen LogP contribution in [0.15, 0.2) is 23.1 Å². The van der Waals surface area contributed by atoms with Crippen molar-refractivity contribution in [3.05, 3.63) is 29.3 Å². The predicted molar refractivity (Wildman–Crippen MR) is 70.7 cm³/mol. The maximum atomic E-state index is 11.9. The lowest BCUT2D eigenvalue weighted by atomic mass is 10.1. The number of nitrogens with one attached hydrogen (secondary N) is 1. The van der Waals surface area contributed by atoms with E-state index in [0.29, 0.717) is 5.56 Å². The fourth-order valence-corrected chi connectivity index (χ4v) is 2.83. The van der Waals surface area contributed by atoms with Crippen LogP contribution < -0.4 is 5.32 Å². The van der Waals surface area contributed by atoms with Crippen LogP contribution in [0.3, 0.4) is 0 Å². The smallest absolute Gasteiger partial charge is 0.261 e. The Hall–Kier alpha value is -1.11. The first-order valence-electron chi connectivity index (χ1n) is 5.79. The molecule has 0 bridgehead atoms. The van der Waals surface area contributed by atoms with Crippen molar-refractivity contribution >= 4 is 25.6 Å². The Morgan fingerprint density at radius 2 is 2.16 bits per heavy atom. The van der Waals surface area contributed by atoms with E-state index < -0.39 is 9.05 Å². The molecule has 0 radical (unpaired) electrons. The van der Waals surface area contributed by atoms with Gasteiger partial charge in [0.25, 0.3) is 15.0 Å². The summed E-state index contributed by atoms with van der Waals surface area (Å²) >= 11 is 0. The van der Waals surface area contributed by atoms with E-state index in [0.717, 1.165) is 12.8 Å². The van der Waals surface area contributed by atoms with Gasteiger partial charge in [-0.25, -0.2) is 8.42 Å². The van der Waals surface area contributed by atoms with Gasteiger partial charge in [-0.3, -0.25) is 4.79 Å². The van der Waals surface area contributed by atoms with Gasteiger partial charge in [0.1, 0.15) is 0 Å². The van der Waals surface area contributed by atoms with Crippen molar-refractivity contribution in [2.75, 3.05) is 7.11 Å². The monoisotopic (exact) mass is 303 g/mol. The molecule has 1 aromatic carbocycles. The van der Waals surface area contributed by atoms with Crippen molar-refractivity contribution in [3.8, 4) is 0 Å². The van der Waals surface area contributed by atoms with Crippen LogP contribution in [0.1, 0.15) is 28.8 Å². The van der Waals surface area contributed by atoms with Crippen molar-refractivity contribution in [2.45, 2.75) is 30.4 Å². The van der Waals surface area contributed by atoms with Gasteiger partial charge in [-0.05, 0) is 30.5 Å². The molecule has 1 aromatic rings. The molecule has 0 saturated heterocycles. The van der Waals surface area contributed by atoms with Gasteiger partial charge in [0, 0.05) is 29.4 Å². The van der Waals surface area contributed by atoms with Gasteiger partial charge in [-0.15, -0.1) is 0 Å². The first kappa shape index (κ1) is 14.3. The van der Waals surface area contributed by atoms with Crippen LogP contribution in [0.4, 0.5) is 0 Å². The zero-order valence-corrected chi connectivity index (χ0v) is 11.9. The van der Waals surface area contributed by atoms with E-state index in [-0.39, 0.29) is 29.0 Å². The molecule has 0 spiro atoms. The molecule has 1 aliphatic rings. The third-order valence-corrected chi connectivity index (χ3v) is 4.21. The van der Waals surface area contributed by atoms with Gasteiger partial charge in [0.2, 0.25) is 0 Å². The van der Waals surface area contributed by atoms with Crippen LogP contribution in [0.5, 0.6) is 0 Å². The van der Waals surface area contributed by atoms with Gasteiger partial charge in [0.05, 0.1) is 11.5 Å². The zero-order valence-electron chi connectivity index (χ0n) is 10.3. The molecule has 7 heteroatoms. The molecule has 0 aromatic heterocycles. The van der Waals surface area contributed by atoms with Crippen LogP contribution in [0.25, 0.3) is 0 Å². The summed E-state index contributed by atoms with van der Waals surface area (Å²) < 4.78 is 27.9. The maximum absolute atomic E-state index is 11.9. The summed E-state index contributed by atoms with van der Waals surface area (Å²) in [6.45, 7) is 0.117. The summed E-state index contributed by atoms with van der Waals surface area (Å²) in [5.41, 5.74) is 0.714. The van der Waals surface area contributed by atoms with Crippen molar-refractivity contribution < 1.29 is 17.9 Å². The summed E-state index contributed by atoms with van der Waals surface area (Å²) in [7, 11) is 2.92. The van der Waals surface area contributed by atoms with Crippen molar-refractivity contribution in [1.29, 1.82) is 0 Å². The van der Waals surface area contributed by atoms with Crippen LogP contribution in [0, 0.1) is 0 Å². The van der Waals surface area contributed by atoms with E-state index in [1.54, 1.807) is 12.1 Å². The van der Waals surface area contributed by atoms with Gasteiger partial charge in [-0.1, -0.05) is 6.07 Å². The minimum absolute atomic E-state index is 0.0838. The number of hydrogen-bond donors (Lipinski definition) is 1. The summed E-state index contributed by atoms with van der Waals surface area (Å²) in [4.78, 5) is 11.8. The molecule has 0 unspecified atom stereocenters. The van der Waals surface area contributed by atoms with E-state index in [1.165, 1.54) is 13.2 Å². The standard InChI is InChI=1S/C12H14ClNO4S/c1-18-7-9-3-2-8(6-11(9)19(13,16)17)12(15)14-10-4-5-10/h2-3,6,10H,4-5,7H2,1H3,(H,14,15). The number of amides is 1. The molecule has 1 saturated carbocycles. The number of benzene rings is 1. The Kier molecular flexibility index (Phi) is 4.13. The lowest BCUT2D eigenvalue weighted by molar-refractivity contribution is 0.0950.